The van der Waals surface area contributed by atoms with Gasteiger partial charge in [-0.25, -0.2) is 0 Å². The van der Waals surface area contributed by atoms with Crippen LogP contribution in [0.2, 0.25) is 0 Å². The lowest BCUT2D eigenvalue weighted by Crippen LogP contribution is -2.66. The fourth-order valence-electron chi connectivity index (χ4n) is 11.5. The number of amides is 1. The van der Waals surface area contributed by atoms with Crippen molar-refractivity contribution in [3.8, 4) is 0 Å². The van der Waals surface area contributed by atoms with Gasteiger partial charge >= 0.3 is 0 Å². The average Bonchev–Trinajstić information content (AvgIpc) is 3.68. The summed E-state index contributed by atoms with van der Waals surface area (Å²) in [6.45, 7) is 1.74. The summed E-state index contributed by atoms with van der Waals surface area (Å²) in [5.74, 6) is -0.273. The van der Waals surface area contributed by atoms with E-state index in [0.29, 0.717) is 6.42 Å². The van der Waals surface area contributed by atoms with Gasteiger partial charge in [-0.2, -0.15) is 0 Å². The minimum absolute atomic E-state index is 0.246. The minimum atomic E-state index is -1.98. The highest BCUT2D eigenvalue weighted by atomic mass is 16.8. The summed E-state index contributed by atoms with van der Waals surface area (Å²) >= 11 is 0. The molecule has 0 aromatic rings. The number of hydrogen-bond donors (Lipinski definition) is 12. The van der Waals surface area contributed by atoms with E-state index in [2.05, 4.69) is 31.3 Å². The normalized spacial score (nSPS) is 29.3. The summed E-state index contributed by atoms with van der Waals surface area (Å²) in [4.78, 5) is 13.4. The highest BCUT2D eigenvalue weighted by molar-refractivity contribution is 5.76. The number of aliphatic hydroxyl groups excluding tert-OH is 11. The molecule has 19 heteroatoms. The number of rotatable bonds is 51. The Labute approximate surface area is 505 Å². The van der Waals surface area contributed by atoms with Crippen molar-refractivity contribution in [1.82, 2.24) is 5.32 Å². The van der Waals surface area contributed by atoms with Crippen LogP contribution in [-0.4, -0.2) is 193 Å². The molecule has 1 amide bonds. The SMILES string of the molecule is CCCCCCCCCC/C=C\CCCCCCCCCCCCCCCC(=O)NC(COC1OC(CO)C(OC2OC(CO)C(OC3OC(CO)C(O)C(O)C3O)C(O)C2O)C(O)C1O)C(O)/C=C/CCCCCCCCCCCCCC. The first kappa shape index (κ1) is 76.5. The molecular formula is C65H121NO18. The van der Waals surface area contributed by atoms with Crippen LogP contribution in [-0.2, 0) is 33.2 Å². The first-order chi connectivity index (χ1) is 40.8. The Morgan fingerprint density at radius 1 is 0.417 bits per heavy atom. The maximum Gasteiger partial charge on any atom is 0.220 e. The number of carbonyl (C=O) groups excluding carboxylic acids is 1. The van der Waals surface area contributed by atoms with Crippen LogP contribution in [0, 0.1) is 0 Å². The molecule has 0 saturated carbocycles. The van der Waals surface area contributed by atoms with Gasteiger partial charge < -0.3 is 89.9 Å². The Kier molecular flexibility index (Phi) is 43.9. The zero-order chi connectivity index (χ0) is 61.2. The predicted molar refractivity (Wildman–Crippen MR) is 323 cm³/mol. The van der Waals surface area contributed by atoms with Crippen molar-refractivity contribution in [3.05, 3.63) is 24.3 Å². The van der Waals surface area contributed by atoms with Gasteiger partial charge in [-0.05, 0) is 44.9 Å². The van der Waals surface area contributed by atoms with E-state index in [9.17, 15) is 61.0 Å². The smallest absolute Gasteiger partial charge is 0.220 e. The second-order valence-electron chi connectivity index (χ2n) is 24.3. The number of aliphatic hydroxyl groups is 11. The van der Waals surface area contributed by atoms with Gasteiger partial charge in [0.25, 0.3) is 0 Å². The quantitative estimate of drug-likeness (QED) is 0.0204. The Bertz CT molecular complexity index is 1630. The monoisotopic (exact) mass is 1200 g/mol. The van der Waals surface area contributed by atoms with E-state index in [1.165, 1.54) is 180 Å². The third-order valence-electron chi connectivity index (χ3n) is 17.0. The highest BCUT2D eigenvalue weighted by Crippen LogP contribution is 2.33. The van der Waals surface area contributed by atoms with Gasteiger partial charge in [-0.3, -0.25) is 4.79 Å². The lowest BCUT2D eigenvalue weighted by atomic mass is 9.96. The lowest BCUT2D eigenvalue weighted by molar-refractivity contribution is -0.379. The van der Waals surface area contributed by atoms with Gasteiger partial charge in [0.15, 0.2) is 18.9 Å². The predicted octanol–water partition coefficient (Wildman–Crippen LogP) is 7.88. The molecule has 0 bridgehead atoms. The van der Waals surface area contributed by atoms with E-state index < -0.39 is 124 Å². The molecule has 17 unspecified atom stereocenters. The third-order valence-corrected chi connectivity index (χ3v) is 17.0. The largest absolute Gasteiger partial charge is 0.394 e. The van der Waals surface area contributed by atoms with Crippen molar-refractivity contribution in [3.63, 3.8) is 0 Å². The molecule has 17 atom stereocenters. The molecule has 84 heavy (non-hydrogen) atoms. The summed E-state index contributed by atoms with van der Waals surface area (Å²) in [7, 11) is 0. The number of ether oxygens (including phenoxy) is 6. The molecule has 3 rings (SSSR count). The minimum Gasteiger partial charge on any atom is -0.394 e. The van der Waals surface area contributed by atoms with Crippen molar-refractivity contribution >= 4 is 5.91 Å². The third kappa shape index (κ3) is 30.7. The molecular weight excluding hydrogens is 1080 g/mol. The van der Waals surface area contributed by atoms with E-state index in [1.54, 1.807) is 6.08 Å². The number of nitrogens with one attached hydrogen (secondary N) is 1. The zero-order valence-electron chi connectivity index (χ0n) is 51.9. The Morgan fingerprint density at radius 2 is 0.750 bits per heavy atom. The van der Waals surface area contributed by atoms with Crippen LogP contribution in [0.4, 0.5) is 0 Å². The number of unbranched alkanes of at least 4 members (excludes halogenated alkanes) is 33. The average molecular weight is 1200 g/mol. The first-order valence-corrected chi connectivity index (χ1v) is 33.6. The highest BCUT2D eigenvalue weighted by Gasteiger charge is 2.53. The van der Waals surface area contributed by atoms with Crippen molar-refractivity contribution in [2.75, 3.05) is 26.4 Å². The fourth-order valence-corrected chi connectivity index (χ4v) is 11.5. The molecule has 12 N–H and O–H groups in total. The molecule has 0 aliphatic carbocycles. The topological polar surface area (TPSA) is 307 Å². The first-order valence-electron chi connectivity index (χ1n) is 33.6. The molecule has 19 nitrogen and oxygen atoms in total. The van der Waals surface area contributed by atoms with Gasteiger partial charge in [0.1, 0.15) is 73.2 Å². The maximum absolute atomic E-state index is 13.4. The maximum atomic E-state index is 13.4. The van der Waals surface area contributed by atoms with Crippen LogP contribution < -0.4 is 5.32 Å². The Hall–Kier alpha value is -1.73. The van der Waals surface area contributed by atoms with Crippen molar-refractivity contribution in [1.29, 1.82) is 0 Å². The van der Waals surface area contributed by atoms with Crippen molar-refractivity contribution in [2.45, 2.75) is 356 Å². The van der Waals surface area contributed by atoms with Crippen LogP contribution in [0.1, 0.15) is 251 Å². The molecule has 0 radical (unpaired) electrons. The van der Waals surface area contributed by atoms with Gasteiger partial charge in [0, 0.05) is 6.42 Å². The summed E-state index contributed by atoms with van der Waals surface area (Å²) in [5, 5.41) is 120. The van der Waals surface area contributed by atoms with Crippen LogP contribution >= 0.6 is 0 Å². The van der Waals surface area contributed by atoms with Gasteiger partial charge in [0.05, 0.1) is 38.6 Å². The molecule has 3 aliphatic heterocycles. The molecule has 0 spiro atoms. The Balaban J connectivity index is 1.43. The van der Waals surface area contributed by atoms with Crippen LogP contribution in [0.15, 0.2) is 24.3 Å². The summed E-state index contributed by atoms with van der Waals surface area (Å²) in [6, 6.07) is -0.970. The summed E-state index contributed by atoms with van der Waals surface area (Å²) < 4.78 is 34.3. The standard InChI is InChI=1S/C65H121NO18/c1-3-5-7-9-11-13-15-17-19-20-21-22-23-24-25-26-27-28-29-31-33-35-37-39-41-43-53(71)66-48(49(70)42-40-38-36-34-32-30-18-16-14-12-10-8-6-4-2)47-79-63-59(77)56(74)61(51(45-68)81-63)84-65-60(78)57(75)62(52(46-69)82-65)83-64-58(76)55(73)54(72)50(44-67)80-64/h20-21,40,42,48-52,54-65,67-70,72-78H,3-19,22-39,41,43-47H2,1-2H3,(H,66,71)/b21-20-,42-40+. The van der Waals surface area contributed by atoms with E-state index in [0.717, 1.165) is 44.9 Å². The van der Waals surface area contributed by atoms with E-state index in [-0.39, 0.29) is 18.9 Å². The van der Waals surface area contributed by atoms with Gasteiger partial charge in [0.2, 0.25) is 5.91 Å². The molecule has 0 aromatic carbocycles. The lowest BCUT2D eigenvalue weighted by Gasteiger charge is -2.48. The second-order valence-corrected chi connectivity index (χ2v) is 24.3. The Morgan fingerprint density at radius 3 is 1.15 bits per heavy atom. The van der Waals surface area contributed by atoms with Crippen LogP contribution in [0.25, 0.3) is 0 Å². The number of allylic oxidation sites excluding steroid dienone is 3. The summed E-state index contributed by atoms with van der Waals surface area (Å²) in [5.41, 5.74) is 0. The van der Waals surface area contributed by atoms with E-state index in [1.807, 2.05) is 6.08 Å². The zero-order valence-corrected chi connectivity index (χ0v) is 51.9. The number of carbonyl (C=O) groups is 1. The van der Waals surface area contributed by atoms with Crippen LogP contribution in [0.3, 0.4) is 0 Å². The molecule has 3 heterocycles. The van der Waals surface area contributed by atoms with E-state index in [4.69, 9.17) is 28.4 Å². The molecule has 494 valence electrons. The molecule has 3 saturated heterocycles. The molecule has 3 aliphatic rings. The van der Waals surface area contributed by atoms with Crippen LogP contribution in [0.5, 0.6) is 0 Å². The number of hydrogen-bond acceptors (Lipinski definition) is 18. The van der Waals surface area contributed by atoms with Gasteiger partial charge in [-0.1, -0.05) is 224 Å². The molecule has 0 aromatic heterocycles. The van der Waals surface area contributed by atoms with Crippen molar-refractivity contribution < 1.29 is 89.4 Å². The fraction of sp³-hybridized carbons (Fsp3) is 0.923. The van der Waals surface area contributed by atoms with Gasteiger partial charge in [-0.15, -0.1) is 0 Å². The van der Waals surface area contributed by atoms with E-state index >= 15 is 0 Å². The summed E-state index contributed by atoms with van der Waals surface area (Å²) in [6.07, 6.45) is 25.9. The second kappa shape index (κ2) is 48.2. The van der Waals surface area contributed by atoms with Crippen molar-refractivity contribution in [2.24, 2.45) is 0 Å². The molecule has 3 fully saturated rings.